The minimum Gasteiger partial charge on any atom is -0.478 e. The summed E-state index contributed by atoms with van der Waals surface area (Å²) in [5.74, 6) is -2.27. The maximum Gasteiger partial charge on any atom is 0.337 e. The lowest BCUT2D eigenvalue weighted by atomic mass is 10.2. The molecule has 0 aromatic carbocycles. The van der Waals surface area contributed by atoms with Crippen molar-refractivity contribution >= 4 is 23.9 Å². The molecule has 0 saturated heterocycles. The second-order valence-electron chi connectivity index (χ2n) is 6.69. The Morgan fingerprint density at radius 2 is 1.19 bits per heavy atom. The first-order chi connectivity index (χ1) is 14.8. The fraction of sp³-hybridized carbons (Fsp3) is 0.500. The summed E-state index contributed by atoms with van der Waals surface area (Å²) in [6.45, 7) is 19.8. The van der Waals surface area contributed by atoms with Crippen LogP contribution in [0.5, 0.6) is 0 Å². The number of carbonyl (C=O) groups is 4. The number of methoxy groups -OCH3 is 1. The molecule has 0 atom stereocenters. The van der Waals surface area contributed by atoms with E-state index in [0.717, 1.165) is 25.7 Å². The third-order valence-electron chi connectivity index (χ3n) is 3.33. The Bertz CT molecular complexity index is 686. The van der Waals surface area contributed by atoms with Crippen molar-refractivity contribution in [1.82, 2.24) is 0 Å². The first-order valence-corrected chi connectivity index (χ1v) is 10.2. The highest BCUT2D eigenvalue weighted by Gasteiger charge is 2.08. The molecule has 8 nitrogen and oxygen atoms in total. The molecule has 0 saturated carbocycles. The number of hydrogen-bond donors (Lipinski definition) is 1. The molecule has 8 heteroatoms. The Hall–Kier alpha value is -3.16. The highest BCUT2D eigenvalue weighted by atomic mass is 16.5. The van der Waals surface area contributed by atoms with Gasteiger partial charge in [-0.15, -0.1) is 0 Å². The van der Waals surface area contributed by atoms with Crippen LogP contribution in [0.2, 0.25) is 0 Å². The average Bonchev–Trinajstić information content (AvgIpc) is 2.73. The van der Waals surface area contributed by atoms with Crippen molar-refractivity contribution in [1.29, 1.82) is 0 Å². The van der Waals surface area contributed by atoms with E-state index in [4.69, 9.17) is 14.6 Å². The van der Waals surface area contributed by atoms with Gasteiger partial charge in [-0.2, -0.15) is 0 Å². The van der Waals surface area contributed by atoms with E-state index in [1.807, 2.05) is 6.92 Å². The van der Waals surface area contributed by atoms with Crippen LogP contribution < -0.4 is 0 Å². The Balaban J connectivity index is -0.000000427. The number of carboxylic acid groups (broad SMARTS) is 1. The molecule has 0 aromatic heterocycles. The molecule has 0 amide bonds. The molecule has 0 bridgehead atoms. The largest absolute Gasteiger partial charge is 0.478 e. The van der Waals surface area contributed by atoms with Crippen molar-refractivity contribution in [2.75, 3.05) is 20.3 Å². The molecule has 0 aromatic rings. The van der Waals surface area contributed by atoms with Gasteiger partial charge in [-0.3, -0.25) is 0 Å². The summed E-state index contributed by atoms with van der Waals surface area (Å²) in [5, 5.41) is 8.57. The standard InChI is InChI=1S/C11H16O4.C8H14O2.C5H8O2/c1-4-5-6-15-11(14)9(3)7-8(2)10(12)13;1-4-5-6-10-8(9)7(2)3;1-4(2)5(6)7-3/h7H,3-6H2,1-2H3,(H,12,13);2,4-6H2,1,3H3;1H2,2-3H3. The molecule has 0 unspecified atom stereocenters. The number of ether oxygens (including phenoxy) is 3. The lowest BCUT2D eigenvalue weighted by molar-refractivity contribution is -0.139. The van der Waals surface area contributed by atoms with Gasteiger partial charge in [-0.1, -0.05) is 46.4 Å². The van der Waals surface area contributed by atoms with E-state index in [0.29, 0.717) is 24.4 Å². The van der Waals surface area contributed by atoms with Crippen molar-refractivity contribution in [3.05, 3.63) is 48.1 Å². The second-order valence-corrected chi connectivity index (χ2v) is 6.69. The van der Waals surface area contributed by atoms with Crippen molar-refractivity contribution in [3.63, 3.8) is 0 Å². The Morgan fingerprint density at radius 1 is 0.781 bits per heavy atom. The van der Waals surface area contributed by atoms with Gasteiger partial charge in [0.25, 0.3) is 0 Å². The Morgan fingerprint density at radius 3 is 1.47 bits per heavy atom. The SMILES string of the molecule is C=C(C)C(=O)OC.C=C(C)C(=O)OCCCC.C=C(C=C(C)C(=O)O)C(=O)OCCCC. The number of esters is 3. The smallest absolute Gasteiger partial charge is 0.337 e. The van der Waals surface area contributed by atoms with E-state index in [2.05, 4.69) is 31.4 Å². The predicted octanol–water partition coefficient (Wildman–Crippen LogP) is 4.56. The van der Waals surface area contributed by atoms with Crippen LogP contribution in [0, 0.1) is 0 Å². The maximum atomic E-state index is 11.2. The van der Waals surface area contributed by atoms with Gasteiger partial charge >= 0.3 is 23.9 Å². The summed E-state index contributed by atoms with van der Waals surface area (Å²) in [6, 6.07) is 0. The summed E-state index contributed by atoms with van der Waals surface area (Å²) in [6.07, 6.45) is 4.91. The maximum absolute atomic E-state index is 11.2. The highest BCUT2D eigenvalue weighted by Crippen LogP contribution is 2.03. The fourth-order valence-corrected chi connectivity index (χ4v) is 1.39. The van der Waals surface area contributed by atoms with Gasteiger partial charge in [0.1, 0.15) is 0 Å². The van der Waals surface area contributed by atoms with Crippen LogP contribution in [0.3, 0.4) is 0 Å². The average molecular weight is 455 g/mol. The molecular formula is C24H38O8. The van der Waals surface area contributed by atoms with Crippen molar-refractivity contribution in [3.8, 4) is 0 Å². The lowest BCUT2D eigenvalue weighted by Gasteiger charge is -2.03. The fourth-order valence-electron chi connectivity index (χ4n) is 1.39. The molecule has 182 valence electrons. The van der Waals surface area contributed by atoms with Crippen LogP contribution in [-0.2, 0) is 33.4 Å². The molecule has 0 aliphatic heterocycles. The first kappa shape index (κ1) is 33.5. The van der Waals surface area contributed by atoms with Gasteiger partial charge in [0.2, 0.25) is 0 Å². The third-order valence-corrected chi connectivity index (χ3v) is 3.33. The van der Waals surface area contributed by atoms with Crippen molar-refractivity contribution in [2.45, 2.75) is 60.3 Å². The molecule has 0 aliphatic rings. The number of aliphatic carboxylic acids is 1. The molecular weight excluding hydrogens is 416 g/mol. The summed E-state index contributed by atoms with van der Waals surface area (Å²) in [7, 11) is 1.33. The predicted molar refractivity (Wildman–Crippen MR) is 124 cm³/mol. The number of carbonyl (C=O) groups excluding carboxylic acids is 3. The summed E-state index contributed by atoms with van der Waals surface area (Å²) in [4.78, 5) is 42.6. The third kappa shape index (κ3) is 21.5. The Kier molecular flexibility index (Phi) is 22.1. The summed E-state index contributed by atoms with van der Waals surface area (Å²) < 4.78 is 13.9. The number of carboxylic acids is 1. The number of rotatable bonds is 11. The minimum atomic E-state index is -1.07. The number of unbranched alkanes of at least 4 members (excludes halogenated alkanes) is 2. The quantitative estimate of drug-likeness (QED) is 0.159. The molecule has 0 spiro atoms. The van der Waals surface area contributed by atoms with Crippen LogP contribution in [0.4, 0.5) is 0 Å². The van der Waals surface area contributed by atoms with E-state index in [9.17, 15) is 19.2 Å². The zero-order valence-corrected chi connectivity index (χ0v) is 20.2. The molecule has 32 heavy (non-hydrogen) atoms. The monoisotopic (exact) mass is 454 g/mol. The van der Waals surface area contributed by atoms with Gasteiger partial charge in [0.05, 0.1) is 25.9 Å². The van der Waals surface area contributed by atoms with Gasteiger partial charge in [0, 0.05) is 16.7 Å². The van der Waals surface area contributed by atoms with Gasteiger partial charge in [-0.25, -0.2) is 19.2 Å². The lowest BCUT2D eigenvalue weighted by Crippen LogP contribution is -2.08. The van der Waals surface area contributed by atoms with E-state index in [1.54, 1.807) is 13.8 Å². The zero-order chi connectivity index (χ0) is 25.7. The number of hydrogen-bond acceptors (Lipinski definition) is 7. The Labute approximate surface area is 191 Å². The molecule has 0 fully saturated rings. The van der Waals surface area contributed by atoms with E-state index in [1.165, 1.54) is 20.1 Å². The van der Waals surface area contributed by atoms with Crippen molar-refractivity contribution in [2.24, 2.45) is 0 Å². The van der Waals surface area contributed by atoms with E-state index in [-0.39, 0.29) is 23.1 Å². The van der Waals surface area contributed by atoms with Crippen LogP contribution in [0.1, 0.15) is 60.3 Å². The molecule has 0 radical (unpaired) electrons. The van der Waals surface area contributed by atoms with Crippen LogP contribution in [0.15, 0.2) is 48.1 Å². The first-order valence-electron chi connectivity index (χ1n) is 10.2. The zero-order valence-electron chi connectivity index (χ0n) is 20.2. The topological polar surface area (TPSA) is 116 Å². The van der Waals surface area contributed by atoms with Gasteiger partial charge in [-0.05, 0) is 39.7 Å². The van der Waals surface area contributed by atoms with Gasteiger partial charge < -0.3 is 19.3 Å². The molecule has 0 rings (SSSR count). The van der Waals surface area contributed by atoms with Gasteiger partial charge in [0.15, 0.2) is 0 Å². The van der Waals surface area contributed by atoms with Crippen LogP contribution in [0.25, 0.3) is 0 Å². The van der Waals surface area contributed by atoms with E-state index < -0.39 is 11.9 Å². The second kappa shape index (κ2) is 21.1. The van der Waals surface area contributed by atoms with Crippen LogP contribution in [-0.4, -0.2) is 49.3 Å². The minimum absolute atomic E-state index is 0.0611. The van der Waals surface area contributed by atoms with E-state index >= 15 is 0 Å². The molecule has 1 N–H and O–H groups in total. The summed E-state index contributed by atoms with van der Waals surface area (Å²) in [5.41, 5.74) is 1.03. The van der Waals surface area contributed by atoms with Crippen molar-refractivity contribution < 1.29 is 38.5 Å². The normalized spacial score (nSPS) is 9.62. The highest BCUT2D eigenvalue weighted by molar-refractivity contribution is 5.95. The molecule has 0 aliphatic carbocycles. The molecule has 0 heterocycles. The summed E-state index contributed by atoms with van der Waals surface area (Å²) >= 11 is 0. The van der Waals surface area contributed by atoms with Crippen LogP contribution >= 0.6 is 0 Å².